The first-order valence-electron chi connectivity index (χ1n) is 20.8. The summed E-state index contributed by atoms with van der Waals surface area (Å²) in [6.45, 7) is 0. The van der Waals surface area contributed by atoms with E-state index in [1.165, 1.54) is 10.8 Å². The number of nitrogens with one attached hydrogen (secondary N) is 1. The summed E-state index contributed by atoms with van der Waals surface area (Å²) in [5.41, 5.74) is 15.8. The third-order valence-electron chi connectivity index (χ3n) is 11.6. The molecule has 0 spiro atoms. The fraction of sp³-hybridized carbons (Fsp3) is 0.0175. The maximum atomic E-state index is 5.65. The molecule has 11 rings (SSSR count). The summed E-state index contributed by atoms with van der Waals surface area (Å²) in [5, 5.41) is 6.27. The van der Waals surface area contributed by atoms with E-state index in [0.717, 1.165) is 89.6 Å². The van der Waals surface area contributed by atoms with Gasteiger partial charge in [0.2, 0.25) is 0 Å². The summed E-state index contributed by atoms with van der Waals surface area (Å²) in [5.74, 6) is 0.971. The van der Waals surface area contributed by atoms with Gasteiger partial charge in [0.25, 0.3) is 0 Å². The molecule has 10 aromatic rings. The van der Waals surface area contributed by atoms with Crippen molar-refractivity contribution in [2.24, 2.45) is 4.99 Å². The average Bonchev–Trinajstić information content (AvgIpc) is 3.69. The molecule has 1 aliphatic rings. The van der Waals surface area contributed by atoms with E-state index >= 15 is 0 Å². The van der Waals surface area contributed by atoms with Crippen molar-refractivity contribution >= 4 is 33.3 Å². The molecule has 1 unspecified atom stereocenters. The van der Waals surface area contributed by atoms with Crippen molar-refractivity contribution in [3.8, 4) is 55.9 Å². The molecule has 0 saturated carbocycles. The Kier molecular flexibility index (Phi) is 9.21. The van der Waals surface area contributed by atoms with E-state index in [1.807, 2.05) is 0 Å². The highest BCUT2D eigenvalue weighted by Crippen LogP contribution is 2.49. The van der Waals surface area contributed by atoms with Crippen molar-refractivity contribution in [2.45, 2.75) is 6.17 Å². The van der Waals surface area contributed by atoms with Gasteiger partial charge in [-0.3, -0.25) is 9.56 Å². The Bertz CT molecular complexity index is 3090. The molecule has 0 aliphatic carbocycles. The Morgan fingerprint density at radius 3 is 1.33 bits per heavy atom. The molecular formula is C57H40N4. The van der Waals surface area contributed by atoms with Crippen LogP contribution in [0.25, 0.3) is 83.5 Å². The van der Waals surface area contributed by atoms with Gasteiger partial charge in [0.15, 0.2) is 0 Å². The molecule has 288 valence electrons. The van der Waals surface area contributed by atoms with Gasteiger partial charge in [0.05, 0.1) is 28.1 Å². The molecule has 0 bridgehead atoms. The number of hydrogen-bond acceptors (Lipinski definition) is 3. The third-order valence-corrected chi connectivity index (χ3v) is 11.6. The molecule has 3 heterocycles. The topological polar surface area (TPSA) is 42.2 Å². The highest BCUT2D eigenvalue weighted by molar-refractivity contribution is 6.16. The maximum Gasteiger partial charge on any atom is 0.146 e. The average molecular weight is 781 g/mol. The fourth-order valence-electron chi connectivity index (χ4n) is 8.87. The third kappa shape index (κ3) is 6.61. The van der Waals surface area contributed by atoms with Crippen LogP contribution in [-0.4, -0.2) is 15.3 Å². The number of hydrogen-bond donors (Lipinski definition) is 1. The van der Waals surface area contributed by atoms with Gasteiger partial charge < -0.3 is 5.32 Å². The number of nitrogens with zero attached hydrogens (tertiary/aromatic N) is 3. The fourth-order valence-corrected chi connectivity index (χ4v) is 8.87. The molecule has 0 amide bonds. The van der Waals surface area contributed by atoms with E-state index < -0.39 is 0 Å². The lowest BCUT2D eigenvalue weighted by atomic mass is 9.83. The predicted molar refractivity (Wildman–Crippen MR) is 254 cm³/mol. The van der Waals surface area contributed by atoms with Crippen LogP contribution in [0.3, 0.4) is 0 Å². The van der Waals surface area contributed by atoms with E-state index in [4.69, 9.17) is 9.98 Å². The number of rotatable bonds is 8. The standard InChI is InChI=1S/C57H40N4/c1-6-21-39(22-7-1)53-52(54(40-23-8-2-9-24-40)56(42-27-12-4-13-28-42)60-55(53)41-25-10-3-11-26-41)45-32-20-31-44(37-45)48-38-51(59-57(58-48)43-29-14-5-15-30-43)61-49-35-18-16-33-46(49)47-34-17-19-36-50(47)61/h1-38,57,59H. The summed E-state index contributed by atoms with van der Waals surface area (Å²) < 4.78 is 2.35. The molecule has 1 aliphatic heterocycles. The molecule has 0 fully saturated rings. The molecule has 0 saturated heterocycles. The van der Waals surface area contributed by atoms with Crippen LogP contribution in [0.15, 0.2) is 236 Å². The number of benzene rings is 8. The van der Waals surface area contributed by atoms with E-state index in [-0.39, 0.29) is 6.17 Å². The molecular weight excluding hydrogens is 741 g/mol. The van der Waals surface area contributed by atoms with Crippen molar-refractivity contribution in [1.29, 1.82) is 0 Å². The zero-order valence-corrected chi connectivity index (χ0v) is 33.4. The van der Waals surface area contributed by atoms with Gasteiger partial charge >= 0.3 is 0 Å². The van der Waals surface area contributed by atoms with Gasteiger partial charge in [-0.15, -0.1) is 0 Å². The minimum absolute atomic E-state index is 0.310. The normalized spacial score (nSPS) is 13.7. The largest absolute Gasteiger partial charge is 0.346 e. The monoisotopic (exact) mass is 780 g/mol. The first-order chi connectivity index (χ1) is 30.3. The smallest absolute Gasteiger partial charge is 0.146 e. The lowest BCUT2D eigenvalue weighted by molar-refractivity contribution is 0.646. The van der Waals surface area contributed by atoms with Crippen molar-refractivity contribution in [2.75, 3.05) is 0 Å². The Morgan fingerprint density at radius 2 is 0.803 bits per heavy atom. The molecule has 8 aromatic carbocycles. The Balaban J connectivity index is 1.20. The number of para-hydroxylation sites is 2. The number of aromatic nitrogens is 2. The lowest BCUT2D eigenvalue weighted by Gasteiger charge is -2.26. The minimum atomic E-state index is -0.310. The lowest BCUT2D eigenvalue weighted by Crippen LogP contribution is -2.27. The predicted octanol–water partition coefficient (Wildman–Crippen LogP) is 14.1. The van der Waals surface area contributed by atoms with Gasteiger partial charge in [-0.25, -0.2) is 4.98 Å². The van der Waals surface area contributed by atoms with Crippen LogP contribution in [0.5, 0.6) is 0 Å². The van der Waals surface area contributed by atoms with Crippen LogP contribution in [0.1, 0.15) is 17.3 Å². The summed E-state index contributed by atoms with van der Waals surface area (Å²) in [6, 6.07) is 79.4. The Morgan fingerprint density at radius 1 is 0.377 bits per heavy atom. The summed E-state index contributed by atoms with van der Waals surface area (Å²) in [6.07, 6.45) is 1.90. The van der Waals surface area contributed by atoms with Gasteiger partial charge in [0, 0.05) is 50.2 Å². The zero-order valence-electron chi connectivity index (χ0n) is 33.4. The van der Waals surface area contributed by atoms with Crippen molar-refractivity contribution < 1.29 is 0 Å². The molecule has 2 aromatic heterocycles. The van der Waals surface area contributed by atoms with Crippen molar-refractivity contribution in [3.05, 3.63) is 242 Å². The second kappa shape index (κ2) is 15.6. The van der Waals surface area contributed by atoms with Crippen LogP contribution in [0.2, 0.25) is 0 Å². The second-order valence-electron chi connectivity index (χ2n) is 15.4. The van der Waals surface area contributed by atoms with E-state index in [9.17, 15) is 0 Å². The Labute approximate surface area is 355 Å². The number of allylic oxidation sites excluding steroid dienone is 1. The van der Waals surface area contributed by atoms with Gasteiger partial charge in [0.1, 0.15) is 12.0 Å². The quantitative estimate of drug-likeness (QED) is 0.167. The molecule has 1 atom stereocenters. The van der Waals surface area contributed by atoms with Crippen LogP contribution in [0, 0.1) is 0 Å². The van der Waals surface area contributed by atoms with Crippen LogP contribution >= 0.6 is 0 Å². The molecule has 61 heavy (non-hydrogen) atoms. The maximum absolute atomic E-state index is 5.65. The number of aliphatic imine (C=N–C) groups is 1. The first kappa shape index (κ1) is 36.0. The molecule has 1 N–H and O–H groups in total. The Hall–Kier alpha value is -8.08. The summed E-state index contributed by atoms with van der Waals surface area (Å²) >= 11 is 0. The van der Waals surface area contributed by atoms with Crippen molar-refractivity contribution in [3.63, 3.8) is 0 Å². The van der Waals surface area contributed by atoms with Gasteiger partial charge in [-0.05, 0) is 40.5 Å². The van der Waals surface area contributed by atoms with E-state index in [1.54, 1.807) is 0 Å². The highest BCUT2D eigenvalue weighted by atomic mass is 15.2. The molecule has 4 heteroatoms. The first-order valence-corrected chi connectivity index (χ1v) is 20.8. The number of fused-ring (bicyclic) bond motifs is 3. The second-order valence-corrected chi connectivity index (χ2v) is 15.4. The molecule has 4 nitrogen and oxygen atoms in total. The number of pyridine rings is 1. The van der Waals surface area contributed by atoms with Gasteiger partial charge in [-0.2, -0.15) is 0 Å². The van der Waals surface area contributed by atoms with E-state index in [0.29, 0.717) is 0 Å². The van der Waals surface area contributed by atoms with Crippen LogP contribution in [0.4, 0.5) is 0 Å². The van der Waals surface area contributed by atoms with Crippen LogP contribution < -0.4 is 5.32 Å². The van der Waals surface area contributed by atoms with Crippen LogP contribution in [-0.2, 0) is 0 Å². The summed E-state index contributed by atoms with van der Waals surface area (Å²) in [4.78, 5) is 11.1. The highest BCUT2D eigenvalue weighted by Gasteiger charge is 2.27. The van der Waals surface area contributed by atoms with Crippen molar-refractivity contribution in [1.82, 2.24) is 14.9 Å². The minimum Gasteiger partial charge on any atom is -0.346 e. The molecule has 0 radical (unpaired) electrons. The summed E-state index contributed by atoms with van der Waals surface area (Å²) in [7, 11) is 0. The van der Waals surface area contributed by atoms with E-state index in [2.05, 4.69) is 240 Å². The zero-order chi connectivity index (χ0) is 40.5. The SMILES string of the molecule is C1=C(n2c3ccccc3c3ccccc32)NC(c2ccccc2)N=C1c1cccc(-c2c(-c3ccccc3)c(-c3ccccc3)nc(-c3ccccc3)c2-c2ccccc2)c1. The van der Waals surface area contributed by atoms with Gasteiger partial charge in [-0.1, -0.05) is 206 Å².